The van der Waals surface area contributed by atoms with E-state index >= 15 is 0 Å². The Kier molecular flexibility index (Phi) is 8.99. The summed E-state index contributed by atoms with van der Waals surface area (Å²) in [5.41, 5.74) is 3.01. The molecule has 0 aliphatic heterocycles. The third-order valence-electron chi connectivity index (χ3n) is 3.18. The number of amides is 1. The Bertz CT molecular complexity index is 895. The van der Waals surface area contributed by atoms with E-state index in [2.05, 4.69) is 26.5 Å². The summed E-state index contributed by atoms with van der Waals surface area (Å²) in [5, 5.41) is 3.74. The molecule has 2 rings (SSSR count). The topological polar surface area (TPSA) is 59.9 Å². The number of hydrogen-bond donors (Lipinski definition) is 1. The number of nitrogens with one attached hydrogen (secondary N) is 1. The third-order valence-corrected chi connectivity index (χ3v) is 5.92. The van der Waals surface area contributed by atoms with E-state index in [4.69, 9.17) is 67.5 Å². The van der Waals surface area contributed by atoms with Gasteiger partial charge in [-0.1, -0.05) is 73.9 Å². The van der Waals surface area contributed by atoms with E-state index in [1.165, 1.54) is 6.21 Å². The van der Waals surface area contributed by atoms with Crippen LogP contribution in [0.1, 0.15) is 12.5 Å². The van der Waals surface area contributed by atoms with Crippen LogP contribution in [0.2, 0.25) is 25.1 Å². The molecule has 0 atom stereocenters. The van der Waals surface area contributed by atoms with Gasteiger partial charge in [0.05, 0.1) is 27.9 Å². The average Bonchev–Trinajstić information content (AvgIpc) is 2.67. The van der Waals surface area contributed by atoms with E-state index in [-0.39, 0.29) is 30.9 Å². The summed E-state index contributed by atoms with van der Waals surface area (Å²) >= 11 is 33.3. The predicted octanol–water partition coefficient (Wildman–Crippen LogP) is 6.64. The van der Waals surface area contributed by atoms with Gasteiger partial charge < -0.3 is 9.47 Å². The molecule has 0 fully saturated rings. The molecule has 0 radical (unpaired) electrons. The SMILES string of the molecule is CCOc1ccc(Br)cc1/C=N/NC(=O)COc1c(Cl)c(Cl)c(Cl)c(Cl)c1Cl. The molecule has 5 nitrogen and oxygen atoms in total. The molecule has 28 heavy (non-hydrogen) atoms. The van der Waals surface area contributed by atoms with Crippen molar-refractivity contribution in [1.29, 1.82) is 0 Å². The molecule has 0 spiro atoms. The van der Waals surface area contributed by atoms with Crippen molar-refractivity contribution >= 4 is 86.1 Å². The Hall–Kier alpha value is -0.890. The Balaban J connectivity index is 2.03. The maximum atomic E-state index is 12.0. The molecule has 0 saturated heterocycles. The van der Waals surface area contributed by atoms with E-state index in [0.29, 0.717) is 17.9 Å². The van der Waals surface area contributed by atoms with Crippen molar-refractivity contribution in [2.24, 2.45) is 5.10 Å². The van der Waals surface area contributed by atoms with Crippen molar-refractivity contribution in [3.05, 3.63) is 53.3 Å². The molecule has 2 aromatic rings. The Morgan fingerprint density at radius 3 is 2.29 bits per heavy atom. The van der Waals surface area contributed by atoms with Crippen molar-refractivity contribution in [2.45, 2.75) is 6.92 Å². The van der Waals surface area contributed by atoms with Gasteiger partial charge in [-0.2, -0.15) is 5.10 Å². The van der Waals surface area contributed by atoms with Crippen molar-refractivity contribution in [1.82, 2.24) is 5.43 Å². The van der Waals surface area contributed by atoms with Crippen LogP contribution in [-0.4, -0.2) is 25.3 Å². The van der Waals surface area contributed by atoms with E-state index < -0.39 is 12.5 Å². The first-order valence-corrected chi connectivity index (χ1v) is 10.3. The Labute approximate surface area is 195 Å². The molecule has 1 amide bonds. The molecule has 0 aliphatic carbocycles. The molecule has 0 aliphatic rings. The predicted molar refractivity (Wildman–Crippen MR) is 118 cm³/mol. The highest BCUT2D eigenvalue weighted by Crippen LogP contribution is 2.48. The number of carbonyl (C=O) groups excluding carboxylic acids is 1. The maximum Gasteiger partial charge on any atom is 0.277 e. The van der Waals surface area contributed by atoms with Gasteiger partial charge in [0, 0.05) is 10.0 Å². The zero-order chi connectivity index (χ0) is 20.8. The quantitative estimate of drug-likeness (QED) is 0.182. The number of hydrogen-bond acceptors (Lipinski definition) is 4. The van der Waals surface area contributed by atoms with Crippen LogP contribution in [0.3, 0.4) is 0 Å². The molecule has 0 saturated carbocycles. The normalized spacial score (nSPS) is 11.0. The highest BCUT2D eigenvalue weighted by Gasteiger charge is 2.21. The standard InChI is InChI=1S/C17H12BrCl5N2O3/c1-2-27-10-4-3-9(18)5-8(10)6-24-25-11(26)7-28-17-15(22)13(20)12(19)14(21)16(17)23/h3-6H,2,7H2,1H3,(H,25,26)/b24-6+. The largest absolute Gasteiger partial charge is 0.493 e. The minimum Gasteiger partial charge on any atom is -0.493 e. The van der Waals surface area contributed by atoms with Gasteiger partial charge in [-0.3, -0.25) is 4.79 Å². The van der Waals surface area contributed by atoms with Crippen LogP contribution >= 0.6 is 73.9 Å². The van der Waals surface area contributed by atoms with Crippen LogP contribution < -0.4 is 14.9 Å². The first-order chi connectivity index (χ1) is 13.3. The van der Waals surface area contributed by atoms with E-state index in [1.807, 2.05) is 13.0 Å². The van der Waals surface area contributed by atoms with Gasteiger partial charge >= 0.3 is 0 Å². The summed E-state index contributed by atoms with van der Waals surface area (Å²) < 4.78 is 11.7. The van der Waals surface area contributed by atoms with Gasteiger partial charge in [0.25, 0.3) is 5.91 Å². The number of benzene rings is 2. The summed E-state index contributed by atoms with van der Waals surface area (Å²) in [6.07, 6.45) is 1.45. The fraction of sp³-hybridized carbons (Fsp3) is 0.176. The number of rotatable bonds is 7. The second-order valence-electron chi connectivity index (χ2n) is 5.10. The molecular weight excluding hydrogens is 537 g/mol. The minimum absolute atomic E-state index is 0.00106. The zero-order valence-electron chi connectivity index (χ0n) is 14.2. The molecule has 150 valence electrons. The second-order valence-corrected chi connectivity index (χ2v) is 7.90. The number of carbonyl (C=O) groups is 1. The van der Waals surface area contributed by atoms with Gasteiger partial charge in [0.15, 0.2) is 12.4 Å². The molecule has 0 unspecified atom stereocenters. The Morgan fingerprint density at radius 2 is 1.68 bits per heavy atom. The molecule has 1 N–H and O–H groups in total. The van der Waals surface area contributed by atoms with Crippen molar-refractivity contribution in [2.75, 3.05) is 13.2 Å². The summed E-state index contributed by atoms with van der Waals surface area (Å²) in [6, 6.07) is 5.43. The summed E-state index contributed by atoms with van der Waals surface area (Å²) in [6.45, 7) is 1.94. The minimum atomic E-state index is -0.557. The van der Waals surface area contributed by atoms with Gasteiger partial charge in [-0.05, 0) is 25.1 Å². The monoisotopic (exact) mass is 546 g/mol. The fourth-order valence-electron chi connectivity index (χ4n) is 1.96. The van der Waals surface area contributed by atoms with Crippen molar-refractivity contribution in [3.8, 4) is 11.5 Å². The smallest absolute Gasteiger partial charge is 0.277 e. The number of halogens is 6. The van der Waals surface area contributed by atoms with E-state index in [1.54, 1.807) is 12.1 Å². The number of hydrazone groups is 1. The first-order valence-electron chi connectivity index (χ1n) is 7.64. The van der Waals surface area contributed by atoms with Crippen LogP contribution in [0, 0.1) is 0 Å². The molecule has 0 heterocycles. The van der Waals surface area contributed by atoms with Gasteiger partial charge in [-0.25, -0.2) is 5.43 Å². The highest BCUT2D eigenvalue weighted by atomic mass is 79.9. The number of nitrogens with zero attached hydrogens (tertiary/aromatic N) is 1. The number of ether oxygens (including phenoxy) is 2. The fourth-order valence-corrected chi connectivity index (χ4v) is 3.57. The summed E-state index contributed by atoms with van der Waals surface area (Å²) in [7, 11) is 0. The molecule has 11 heteroatoms. The van der Waals surface area contributed by atoms with Gasteiger partial charge in [0.2, 0.25) is 0 Å². The lowest BCUT2D eigenvalue weighted by molar-refractivity contribution is -0.123. The summed E-state index contributed by atoms with van der Waals surface area (Å²) in [5.74, 6) is 0.0231. The lowest BCUT2D eigenvalue weighted by Crippen LogP contribution is -2.24. The van der Waals surface area contributed by atoms with Gasteiger partial charge in [0.1, 0.15) is 15.8 Å². The summed E-state index contributed by atoms with van der Waals surface area (Å²) in [4.78, 5) is 12.0. The lowest BCUT2D eigenvalue weighted by atomic mass is 10.2. The molecule has 0 aromatic heterocycles. The van der Waals surface area contributed by atoms with Crippen molar-refractivity contribution < 1.29 is 14.3 Å². The second kappa shape index (κ2) is 10.8. The van der Waals surface area contributed by atoms with E-state index in [9.17, 15) is 4.79 Å². The zero-order valence-corrected chi connectivity index (χ0v) is 19.5. The maximum absolute atomic E-state index is 12.0. The van der Waals surface area contributed by atoms with Gasteiger partial charge in [-0.15, -0.1) is 0 Å². The van der Waals surface area contributed by atoms with Crippen molar-refractivity contribution in [3.63, 3.8) is 0 Å². The third kappa shape index (κ3) is 5.81. The van der Waals surface area contributed by atoms with Crippen LogP contribution in [0.15, 0.2) is 27.8 Å². The highest BCUT2D eigenvalue weighted by molar-refractivity contribution is 9.10. The Morgan fingerprint density at radius 1 is 1.07 bits per heavy atom. The van der Waals surface area contributed by atoms with Crippen LogP contribution in [0.4, 0.5) is 0 Å². The van der Waals surface area contributed by atoms with E-state index in [0.717, 1.165) is 4.47 Å². The lowest BCUT2D eigenvalue weighted by Gasteiger charge is -2.13. The van der Waals surface area contributed by atoms with Crippen LogP contribution in [0.25, 0.3) is 0 Å². The van der Waals surface area contributed by atoms with Crippen LogP contribution in [0.5, 0.6) is 11.5 Å². The molecular formula is C17H12BrCl5N2O3. The first kappa shape index (κ1) is 23.4. The van der Waals surface area contributed by atoms with Crippen LogP contribution in [-0.2, 0) is 4.79 Å². The average molecular weight is 549 g/mol. The molecule has 2 aromatic carbocycles. The molecule has 0 bridgehead atoms.